The summed E-state index contributed by atoms with van der Waals surface area (Å²) in [7, 11) is 0. The molecule has 0 spiro atoms. The number of benzene rings is 2. The van der Waals surface area contributed by atoms with Gasteiger partial charge in [-0.25, -0.2) is 0 Å². The molecule has 6 heteroatoms. The Bertz CT molecular complexity index is 788. The van der Waals surface area contributed by atoms with Gasteiger partial charge in [0.1, 0.15) is 0 Å². The van der Waals surface area contributed by atoms with Crippen molar-refractivity contribution in [2.45, 2.75) is 39.0 Å². The summed E-state index contributed by atoms with van der Waals surface area (Å²) in [4.78, 5) is 35.7. The van der Waals surface area contributed by atoms with Crippen molar-refractivity contribution in [1.82, 2.24) is 5.32 Å². The number of nitrogens with one attached hydrogen (secondary N) is 2. The van der Waals surface area contributed by atoms with E-state index in [2.05, 4.69) is 17.6 Å². The van der Waals surface area contributed by atoms with Crippen LogP contribution < -0.4 is 10.6 Å². The first-order chi connectivity index (χ1) is 14.1. The van der Waals surface area contributed by atoms with Crippen LogP contribution in [-0.2, 0) is 20.7 Å². The molecular formula is C23H28N2O4. The third-order valence-corrected chi connectivity index (χ3v) is 4.30. The van der Waals surface area contributed by atoms with E-state index in [1.807, 2.05) is 30.3 Å². The average molecular weight is 396 g/mol. The highest BCUT2D eigenvalue weighted by molar-refractivity contribution is 5.96. The van der Waals surface area contributed by atoms with Crippen LogP contribution in [0.5, 0.6) is 0 Å². The number of amides is 2. The second-order valence-corrected chi connectivity index (χ2v) is 6.69. The van der Waals surface area contributed by atoms with Gasteiger partial charge in [0.05, 0.1) is 13.0 Å². The number of carbonyl (C=O) groups is 3. The Morgan fingerprint density at radius 3 is 2.34 bits per heavy atom. The lowest BCUT2D eigenvalue weighted by molar-refractivity contribution is -0.144. The van der Waals surface area contributed by atoms with E-state index in [0.717, 1.165) is 18.4 Å². The van der Waals surface area contributed by atoms with Crippen molar-refractivity contribution in [3.63, 3.8) is 0 Å². The fraction of sp³-hybridized carbons (Fsp3) is 0.348. The molecule has 2 amide bonds. The topological polar surface area (TPSA) is 84.5 Å². The molecule has 0 saturated carbocycles. The highest BCUT2D eigenvalue weighted by Gasteiger charge is 2.09. The SMILES string of the molecule is CCCCNC(=O)c1ccc(NC(=O)CCC(=O)OCCc2ccccc2)cc1. The highest BCUT2D eigenvalue weighted by atomic mass is 16.5. The van der Waals surface area contributed by atoms with Gasteiger partial charge < -0.3 is 15.4 Å². The highest BCUT2D eigenvalue weighted by Crippen LogP contribution is 2.11. The molecule has 0 aromatic heterocycles. The van der Waals surface area contributed by atoms with Crippen molar-refractivity contribution in [3.05, 3.63) is 65.7 Å². The second kappa shape index (κ2) is 12.3. The molecule has 0 aliphatic heterocycles. The minimum Gasteiger partial charge on any atom is -0.465 e. The summed E-state index contributed by atoms with van der Waals surface area (Å²) in [5.41, 5.74) is 2.22. The lowest BCUT2D eigenvalue weighted by atomic mass is 10.2. The van der Waals surface area contributed by atoms with E-state index in [4.69, 9.17) is 4.74 Å². The van der Waals surface area contributed by atoms with Crippen LogP contribution in [0.3, 0.4) is 0 Å². The van der Waals surface area contributed by atoms with E-state index < -0.39 is 5.97 Å². The van der Waals surface area contributed by atoms with Gasteiger partial charge in [-0.2, -0.15) is 0 Å². The first-order valence-corrected chi connectivity index (χ1v) is 9.96. The molecule has 0 fully saturated rings. The summed E-state index contributed by atoms with van der Waals surface area (Å²) in [5.74, 6) is -0.796. The van der Waals surface area contributed by atoms with Gasteiger partial charge in [0.2, 0.25) is 5.91 Å². The quantitative estimate of drug-likeness (QED) is 0.448. The predicted octanol–water partition coefficient (Wildman–Crippen LogP) is 3.72. The van der Waals surface area contributed by atoms with Gasteiger partial charge in [0.25, 0.3) is 5.91 Å². The molecule has 6 nitrogen and oxygen atoms in total. The van der Waals surface area contributed by atoms with Crippen LogP contribution >= 0.6 is 0 Å². The van der Waals surface area contributed by atoms with Crippen LogP contribution in [0.15, 0.2) is 54.6 Å². The summed E-state index contributed by atoms with van der Waals surface area (Å²) < 4.78 is 5.17. The second-order valence-electron chi connectivity index (χ2n) is 6.69. The minimum absolute atomic E-state index is 0.0263. The van der Waals surface area contributed by atoms with Gasteiger partial charge in [-0.1, -0.05) is 43.7 Å². The van der Waals surface area contributed by atoms with Crippen LogP contribution in [0.2, 0.25) is 0 Å². The number of ether oxygens (including phenoxy) is 1. The average Bonchev–Trinajstić information content (AvgIpc) is 2.74. The van der Waals surface area contributed by atoms with Gasteiger partial charge in [-0.05, 0) is 36.2 Å². The number of anilines is 1. The molecule has 0 aliphatic carbocycles. The first-order valence-electron chi connectivity index (χ1n) is 9.96. The van der Waals surface area contributed by atoms with Crippen LogP contribution in [-0.4, -0.2) is 30.9 Å². The van der Waals surface area contributed by atoms with Gasteiger partial charge in [-0.15, -0.1) is 0 Å². The zero-order chi connectivity index (χ0) is 20.9. The normalized spacial score (nSPS) is 10.2. The molecule has 0 radical (unpaired) electrons. The number of esters is 1. The van der Waals surface area contributed by atoms with Crippen molar-refractivity contribution in [1.29, 1.82) is 0 Å². The van der Waals surface area contributed by atoms with Gasteiger partial charge in [0, 0.05) is 30.6 Å². The Balaban J connectivity index is 1.66. The standard InChI is InChI=1S/C23H28N2O4/c1-2-3-16-24-23(28)19-9-11-20(12-10-19)25-21(26)13-14-22(27)29-17-15-18-7-5-4-6-8-18/h4-12H,2-3,13-17H2,1H3,(H,24,28)(H,25,26). The van der Waals surface area contributed by atoms with Crippen LogP contribution in [0.25, 0.3) is 0 Å². The molecule has 0 saturated heterocycles. The molecular weight excluding hydrogens is 368 g/mol. The maximum absolute atomic E-state index is 12.0. The summed E-state index contributed by atoms with van der Waals surface area (Å²) >= 11 is 0. The minimum atomic E-state index is -0.393. The van der Waals surface area contributed by atoms with Crippen molar-refractivity contribution in [3.8, 4) is 0 Å². The third-order valence-electron chi connectivity index (χ3n) is 4.30. The third kappa shape index (κ3) is 8.60. The number of unbranched alkanes of at least 4 members (excludes halogenated alkanes) is 1. The molecule has 2 rings (SSSR count). The molecule has 0 bridgehead atoms. The molecule has 2 N–H and O–H groups in total. The van der Waals surface area contributed by atoms with Gasteiger partial charge in [-0.3, -0.25) is 14.4 Å². The molecule has 2 aromatic carbocycles. The van der Waals surface area contributed by atoms with Gasteiger partial charge >= 0.3 is 5.97 Å². The van der Waals surface area contributed by atoms with E-state index in [-0.39, 0.29) is 24.7 Å². The molecule has 0 heterocycles. The lowest BCUT2D eigenvalue weighted by Gasteiger charge is -2.08. The van der Waals surface area contributed by atoms with E-state index in [1.165, 1.54) is 0 Å². The number of hydrogen-bond acceptors (Lipinski definition) is 4. The van der Waals surface area contributed by atoms with Crippen molar-refractivity contribution >= 4 is 23.5 Å². The largest absolute Gasteiger partial charge is 0.465 e. The smallest absolute Gasteiger partial charge is 0.306 e. The Labute approximate surface area is 171 Å². The van der Waals surface area contributed by atoms with E-state index in [0.29, 0.717) is 30.8 Å². The fourth-order valence-corrected chi connectivity index (χ4v) is 2.62. The molecule has 154 valence electrons. The molecule has 0 atom stereocenters. The molecule has 0 unspecified atom stereocenters. The van der Waals surface area contributed by atoms with Crippen LogP contribution in [0.1, 0.15) is 48.5 Å². The number of hydrogen-bond donors (Lipinski definition) is 2. The molecule has 0 aliphatic rings. The summed E-state index contributed by atoms with van der Waals surface area (Å²) in [6.45, 7) is 3.01. The van der Waals surface area contributed by atoms with E-state index >= 15 is 0 Å². The summed E-state index contributed by atoms with van der Waals surface area (Å²) in [6, 6.07) is 16.4. The first kappa shape index (κ1) is 22.1. The van der Waals surface area contributed by atoms with Crippen molar-refractivity contribution in [2.24, 2.45) is 0 Å². The number of rotatable bonds is 11. The van der Waals surface area contributed by atoms with Crippen molar-refractivity contribution in [2.75, 3.05) is 18.5 Å². The van der Waals surface area contributed by atoms with E-state index in [9.17, 15) is 14.4 Å². The Morgan fingerprint density at radius 2 is 1.66 bits per heavy atom. The zero-order valence-electron chi connectivity index (χ0n) is 16.8. The zero-order valence-corrected chi connectivity index (χ0v) is 16.8. The monoisotopic (exact) mass is 396 g/mol. The maximum atomic E-state index is 12.0. The number of carbonyl (C=O) groups excluding carboxylic acids is 3. The summed E-state index contributed by atoms with van der Waals surface area (Å²) in [5, 5.41) is 5.56. The van der Waals surface area contributed by atoms with Crippen LogP contribution in [0, 0.1) is 0 Å². The van der Waals surface area contributed by atoms with Gasteiger partial charge in [0.15, 0.2) is 0 Å². The molecule has 29 heavy (non-hydrogen) atoms. The fourth-order valence-electron chi connectivity index (χ4n) is 2.62. The summed E-state index contributed by atoms with van der Waals surface area (Å²) in [6.07, 6.45) is 2.68. The van der Waals surface area contributed by atoms with Crippen molar-refractivity contribution < 1.29 is 19.1 Å². The Morgan fingerprint density at radius 1 is 0.931 bits per heavy atom. The Hall–Kier alpha value is -3.15. The molecule has 2 aromatic rings. The Kier molecular flexibility index (Phi) is 9.42. The van der Waals surface area contributed by atoms with E-state index in [1.54, 1.807) is 24.3 Å². The lowest BCUT2D eigenvalue weighted by Crippen LogP contribution is -2.24. The van der Waals surface area contributed by atoms with Crippen LogP contribution in [0.4, 0.5) is 5.69 Å². The maximum Gasteiger partial charge on any atom is 0.306 e. The predicted molar refractivity (Wildman–Crippen MR) is 113 cm³/mol.